The van der Waals surface area contributed by atoms with Crippen molar-refractivity contribution >= 4 is 11.3 Å². The first-order valence-electron chi connectivity index (χ1n) is 4.89. The molecule has 0 aromatic carbocycles. The molecule has 78 valence electrons. The van der Waals surface area contributed by atoms with Crippen molar-refractivity contribution in [2.45, 2.75) is 6.42 Å². The molecule has 2 aromatic rings. The topological polar surface area (TPSA) is 37.8 Å². The Kier molecular flexibility index (Phi) is 3.42. The van der Waals surface area contributed by atoms with Crippen LogP contribution in [0.5, 0.6) is 0 Å². The van der Waals surface area contributed by atoms with E-state index in [9.17, 15) is 0 Å². The smallest absolute Gasteiger partial charge is 0.0945 e. The highest BCUT2D eigenvalue weighted by Gasteiger charge is 2.03. The highest BCUT2D eigenvalue weighted by Crippen LogP contribution is 2.20. The van der Waals surface area contributed by atoms with Crippen LogP contribution >= 0.6 is 11.3 Å². The predicted molar refractivity (Wildman–Crippen MR) is 63.0 cm³/mol. The van der Waals surface area contributed by atoms with E-state index in [-0.39, 0.29) is 0 Å². The number of likely N-dealkylation sites (N-methyl/N-ethyl adjacent to an activating group) is 1. The molecule has 0 aliphatic carbocycles. The van der Waals surface area contributed by atoms with Crippen LogP contribution in [0.2, 0.25) is 0 Å². The zero-order valence-corrected chi connectivity index (χ0v) is 9.42. The third kappa shape index (κ3) is 2.61. The summed E-state index contributed by atoms with van der Waals surface area (Å²) in [6, 6.07) is 3.96. The lowest BCUT2D eigenvalue weighted by Crippen LogP contribution is -2.09. The summed E-state index contributed by atoms with van der Waals surface area (Å²) >= 11 is 1.71. The van der Waals surface area contributed by atoms with Gasteiger partial charge in [0.2, 0.25) is 0 Å². The fourth-order valence-corrected chi connectivity index (χ4v) is 2.11. The summed E-state index contributed by atoms with van der Waals surface area (Å²) in [5, 5.41) is 6.37. The molecule has 0 aliphatic heterocycles. The van der Waals surface area contributed by atoms with Gasteiger partial charge in [-0.1, -0.05) is 0 Å². The average molecular weight is 219 g/mol. The third-order valence-electron chi connectivity index (χ3n) is 2.10. The van der Waals surface area contributed by atoms with Crippen molar-refractivity contribution in [2.75, 3.05) is 13.6 Å². The molecule has 0 saturated carbocycles. The van der Waals surface area contributed by atoms with Crippen LogP contribution in [-0.2, 0) is 6.42 Å². The molecule has 2 aromatic heterocycles. The monoisotopic (exact) mass is 219 g/mol. The summed E-state index contributed by atoms with van der Waals surface area (Å²) in [7, 11) is 1.95. The number of pyridine rings is 1. The molecule has 0 bridgehead atoms. The molecule has 3 nitrogen and oxygen atoms in total. The van der Waals surface area contributed by atoms with Crippen molar-refractivity contribution in [1.82, 2.24) is 15.3 Å². The minimum absolute atomic E-state index is 0.972. The molecule has 0 radical (unpaired) electrons. The lowest BCUT2D eigenvalue weighted by Gasteiger charge is -1.95. The van der Waals surface area contributed by atoms with Crippen molar-refractivity contribution in [3.05, 3.63) is 34.9 Å². The molecule has 15 heavy (non-hydrogen) atoms. The molecule has 0 spiro atoms. The van der Waals surface area contributed by atoms with E-state index < -0.39 is 0 Å². The number of hydrogen-bond acceptors (Lipinski definition) is 4. The molecular weight excluding hydrogens is 206 g/mol. The Morgan fingerprint density at radius 2 is 2.40 bits per heavy atom. The summed E-state index contributed by atoms with van der Waals surface area (Å²) in [4.78, 5) is 8.64. The van der Waals surface area contributed by atoms with Gasteiger partial charge in [-0.25, -0.2) is 4.98 Å². The molecule has 0 aliphatic rings. The van der Waals surface area contributed by atoms with Gasteiger partial charge in [-0.15, -0.1) is 11.3 Å². The summed E-state index contributed by atoms with van der Waals surface area (Å²) in [5.74, 6) is 0. The van der Waals surface area contributed by atoms with Crippen LogP contribution in [0.3, 0.4) is 0 Å². The van der Waals surface area contributed by atoms with Crippen LogP contribution < -0.4 is 5.32 Å². The molecule has 0 atom stereocenters. The largest absolute Gasteiger partial charge is 0.319 e. The van der Waals surface area contributed by atoms with Gasteiger partial charge in [0, 0.05) is 36.3 Å². The lowest BCUT2D eigenvalue weighted by atomic mass is 10.2. The number of thiazole rings is 1. The maximum Gasteiger partial charge on any atom is 0.0945 e. The van der Waals surface area contributed by atoms with Crippen molar-refractivity contribution in [1.29, 1.82) is 0 Å². The predicted octanol–water partition coefficient (Wildman–Crippen LogP) is 1.97. The second-order valence-electron chi connectivity index (χ2n) is 3.22. The quantitative estimate of drug-likeness (QED) is 0.854. The number of nitrogens with one attached hydrogen (secondary N) is 1. The van der Waals surface area contributed by atoms with Gasteiger partial charge in [-0.2, -0.15) is 0 Å². The zero-order valence-electron chi connectivity index (χ0n) is 8.60. The van der Waals surface area contributed by atoms with Gasteiger partial charge in [0.25, 0.3) is 0 Å². The van der Waals surface area contributed by atoms with E-state index in [4.69, 9.17) is 0 Å². The van der Waals surface area contributed by atoms with Crippen LogP contribution in [0.25, 0.3) is 11.3 Å². The van der Waals surface area contributed by atoms with Crippen LogP contribution in [0, 0.1) is 0 Å². The zero-order chi connectivity index (χ0) is 10.5. The van der Waals surface area contributed by atoms with Crippen molar-refractivity contribution in [3.8, 4) is 11.3 Å². The first-order chi connectivity index (χ1) is 7.40. The van der Waals surface area contributed by atoms with E-state index >= 15 is 0 Å². The Morgan fingerprint density at radius 3 is 3.13 bits per heavy atom. The SMILES string of the molecule is CNCCc1nc(-c2cccnc2)cs1. The molecule has 0 amide bonds. The highest BCUT2D eigenvalue weighted by atomic mass is 32.1. The van der Waals surface area contributed by atoms with E-state index in [1.807, 2.05) is 25.4 Å². The fourth-order valence-electron chi connectivity index (χ4n) is 1.30. The van der Waals surface area contributed by atoms with E-state index in [0.717, 1.165) is 24.2 Å². The normalized spacial score (nSPS) is 10.5. The summed E-state index contributed by atoms with van der Waals surface area (Å²) in [6.07, 6.45) is 4.61. The van der Waals surface area contributed by atoms with E-state index in [0.29, 0.717) is 0 Å². The molecule has 0 fully saturated rings. The Balaban J connectivity index is 2.14. The van der Waals surface area contributed by atoms with Crippen LogP contribution in [0.15, 0.2) is 29.9 Å². The minimum Gasteiger partial charge on any atom is -0.319 e. The molecule has 0 unspecified atom stereocenters. The second kappa shape index (κ2) is 5.00. The summed E-state index contributed by atoms with van der Waals surface area (Å²) < 4.78 is 0. The van der Waals surface area contributed by atoms with Gasteiger partial charge in [-0.3, -0.25) is 4.98 Å². The van der Waals surface area contributed by atoms with Gasteiger partial charge in [0.15, 0.2) is 0 Å². The summed E-state index contributed by atoms with van der Waals surface area (Å²) in [6.45, 7) is 0.972. The molecular formula is C11H13N3S. The van der Waals surface area contributed by atoms with E-state index in [1.165, 1.54) is 5.01 Å². The molecule has 0 saturated heterocycles. The molecule has 2 heterocycles. The second-order valence-corrected chi connectivity index (χ2v) is 4.16. The van der Waals surface area contributed by atoms with E-state index in [1.54, 1.807) is 17.5 Å². The van der Waals surface area contributed by atoms with Crippen molar-refractivity contribution in [3.63, 3.8) is 0 Å². The highest BCUT2D eigenvalue weighted by molar-refractivity contribution is 7.09. The van der Waals surface area contributed by atoms with Crippen molar-refractivity contribution in [2.24, 2.45) is 0 Å². The number of rotatable bonds is 4. The molecule has 4 heteroatoms. The fraction of sp³-hybridized carbons (Fsp3) is 0.273. The van der Waals surface area contributed by atoms with Crippen LogP contribution in [0.4, 0.5) is 0 Å². The van der Waals surface area contributed by atoms with Crippen LogP contribution in [0.1, 0.15) is 5.01 Å². The first-order valence-corrected chi connectivity index (χ1v) is 5.77. The van der Waals surface area contributed by atoms with Gasteiger partial charge in [0.05, 0.1) is 10.7 Å². The van der Waals surface area contributed by atoms with Crippen molar-refractivity contribution < 1.29 is 0 Å². The van der Waals surface area contributed by atoms with Gasteiger partial charge >= 0.3 is 0 Å². The maximum atomic E-state index is 4.56. The van der Waals surface area contributed by atoms with E-state index in [2.05, 4.69) is 20.7 Å². The molecule has 1 N–H and O–H groups in total. The number of nitrogens with zero attached hydrogens (tertiary/aromatic N) is 2. The van der Waals surface area contributed by atoms with Gasteiger partial charge in [0.1, 0.15) is 0 Å². The Bertz CT molecular complexity index is 411. The first kappa shape index (κ1) is 10.3. The average Bonchev–Trinajstić information content (AvgIpc) is 2.76. The Labute approximate surface area is 93.2 Å². The molecule has 2 rings (SSSR count). The Hall–Kier alpha value is -1.26. The van der Waals surface area contributed by atoms with Gasteiger partial charge < -0.3 is 5.32 Å². The number of aromatic nitrogens is 2. The summed E-state index contributed by atoms with van der Waals surface area (Å²) in [5.41, 5.74) is 2.11. The van der Waals surface area contributed by atoms with Crippen LogP contribution in [-0.4, -0.2) is 23.6 Å². The standard InChI is InChI=1S/C11H13N3S/c1-12-6-4-11-14-10(8-15-11)9-3-2-5-13-7-9/h2-3,5,7-8,12H,4,6H2,1H3. The lowest BCUT2D eigenvalue weighted by molar-refractivity contribution is 0.788. The minimum atomic E-state index is 0.972. The number of hydrogen-bond donors (Lipinski definition) is 1. The van der Waals surface area contributed by atoms with Gasteiger partial charge in [-0.05, 0) is 19.2 Å². The maximum absolute atomic E-state index is 4.56. The third-order valence-corrected chi connectivity index (χ3v) is 3.01. The Morgan fingerprint density at radius 1 is 1.47 bits per heavy atom.